The molecule has 0 aliphatic carbocycles. The second-order valence-electron chi connectivity index (χ2n) is 4.87. The number of halogens is 2. The molecule has 1 heterocycles. The number of rotatable bonds is 5. The van der Waals surface area contributed by atoms with E-state index in [4.69, 9.17) is 0 Å². The van der Waals surface area contributed by atoms with Gasteiger partial charge >= 0.3 is 0 Å². The maximum atomic E-state index is 13.3. The summed E-state index contributed by atoms with van der Waals surface area (Å²) in [4.78, 5) is 15.3. The lowest BCUT2D eigenvalue weighted by atomic mass is 10.2. The third-order valence-corrected chi connectivity index (χ3v) is 4.34. The van der Waals surface area contributed by atoms with Gasteiger partial charge < -0.3 is 4.90 Å². The molecule has 0 bridgehead atoms. The van der Waals surface area contributed by atoms with Gasteiger partial charge in [0, 0.05) is 18.5 Å². The van der Waals surface area contributed by atoms with E-state index in [1.54, 1.807) is 24.1 Å². The van der Waals surface area contributed by atoms with Gasteiger partial charge in [-0.05, 0) is 36.2 Å². The maximum absolute atomic E-state index is 13.3. The molecular weight excluding hydrogens is 292 g/mol. The minimum absolute atomic E-state index is 0.0396. The van der Waals surface area contributed by atoms with Gasteiger partial charge in [-0.2, -0.15) is 0 Å². The highest BCUT2D eigenvalue weighted by Crippen LogP contribution is 2.29. The lowest BCUT2D eigenvalue weighted by molar-refractivity contribution is 0.0798. The Morgan fingerprint density at radius 2 is 1.95 bits per heavy atom. The van der Waals surface area contributed by atoms with Gasteiger partial charge in [0.2, 0.25) is 0 Å². The molecule has 0 fully saturated rings. The minimum Gasteiger partial charge on any atom is -0.341 e. The van der Waals surface area contributed by atoms with Crippen molar-refractivity contribution in [2.24, 2.45) is 0 Å². The topological polar surface area (TPSA) is 20.3 Å². The number of thiophene rings is 1. The molecule has 2 rings (SSSR count). The molecule has 0 atom stereocenters. The van der Waals surface area contributed by atoms with Gasteiger partial charge in [0.05, 0.1) is 4.88 Å². The normalized spacial score (nSPS) is 10.7. The Morgan fingerprint density at radius 1 is 1.19 bits per heavy atom. The summed E-state index contributed by atoms with van der Waals surface area (Å²) >= 11 is 1.29. The lowest BCUT2D eigenvalue weighted by Crippen LogP contribution is -2.26. The first-order valence-corrected chi connectivity index (χ1v) is 7.65. The van der Waals surface area contributed by atoms with Crippen LogP contribution < -0.4 is 0 Å². The summed E-state index contributed by atoms with van der Waals surface area (Å²) in [6, 6.07) is 7.25. The molecule has 0 saturated heterocycles. The summed E-state index contributed by atoms with van der Waals surface area (Å²) in [5.41, 5.74) is 0.578. The molecule has 0 N–H and O–H groups in total. The van der Waals surface area contributed by atoms with Crippen molar-refractivity contribution in [3.63, 3.8) is 0 Å². The molecular formula is C16H17F2NOS. The number of carbonyl (C=O) groups excluding carboxylic acids is 1. The third-order valence-electron chi connectivity index (χ3n) is 3.21. The summed E-state index contributed by atoms with van der Waals surface area (Å²) in [5, 5.41) is 0. The van der Waals surface area contributed by atoms with Crippen molar-refractivity contribution in [3.8, 4) is 10.4 Å². The molecule has 2 nitrogen and oxygen atoms in total. The Morgan fingerprint density at radius 3 is 2.62 bits per heavy atom. The first kappa shape index (κ1) is 15.6. The van der Waals surface area contributed by atoms with Crippen LogP contribution in [0, 0.1) is 11.6 Å². The first-order chi connectivity index (χ1) is 10.0. The molecule has 0 spiro atoms. The molecule has 112 valence electrons. The molecule has 0 aliphatic heterocycles. The molecule has 0 aliphatic rings. The third kappa shape index (κ3) is 3.67. The van der Waals surface area contributed by atoms with Gasteiger partial charge in [-0.1, -0.05) is 19.4 Å². The van der Waals surface area contributed by atoms with Crippen molar-refractivity contribution in [1.82, 2.24) is 4.90 Å². The highest BCUT2D eigenvalue weighted by atomic mass is 32.1. The summed E-state index contributed by atoms with van der Waals surface area (Å²) < 4.78 is 26.2. The van der Waals surface area contributed by atoms with E-state index < -0.39 is 11.6 Å². The number of amides is 1. The molecule has 0 radical (unpaired) electrons. The number of carbonyl (C=O) groups is 1. The van der Waals surface area contributed by atoms with E-state index in [0.717, 1.165) is 29.9 Å². The predicted octanol–water partition coefficient (Wildman–Crippen LogP) is 4.57. The maximum Gasteiger partial charge on any atom is 0.263 e. The zero-order valence-corrected chi connectivity index (χ0v) is 12.8. The fourth-order valence-corrected chi connectivity index (χ4v) is 2.94. The van der Waals surface area contributed by atoms with E-state index in [9.17, 15) is 13.6 Å². The summed E-state index contributed by atoms with van der Waals surface area (Å²) in [6.45, 7) is 2.79. The van der Waals surface area contributed by atoms with Crippen LogP contribution in [0.4, 0.5) is 8.78 Å². The molecule has 0 saturated carbocycles. The van der Waals surface area contributed by atoms with E-state index in [1.165, 1.54) is 17.4 Å². The average molecular weight is 309 g/mol. The van der Waals surface area contributed by atoms with Crippen LogP contribution in [0.25, 0.3) is 10.4 Å². The number of benzene rings is 1. The van der Waals surface area contributed by atoms with Crippen LogP contribution in [0.5, 0.6) is 0 Å². The van der Waals surface area contributed by atoms with Gasteiger partial charge in [0.1, 0.15) is 0 Å². The number of hydrogen-bond donors (Lipinski definition) is 0. The van der Waals surface area contributed by atoms with Crippen molar-refractivity contribution in [1.29, 1.82) is 0 Å². The Bertz CT molecular complexity index is 639. The number of nitrogens with zero attached hydrogens (tertiary/aromatic N) is 1. The number of unbranched alkanes of at least 4 members (excludes halogenated alkanes) is 1. The lowest BCUT2D eigenvalue weighted by Gasteiger charge is -2.15. The Labute approximate surface area is 127 Å². The molecule has 1 aromatic heterocycles. The molecule has 1 amide bonds. The van der Waals surface area contributed by atoms with E-state index in [0.29, 0.717) is 17.0 Å². The minimum atomic E-state index is -0.881. The van der Waals surface area contributed by atoms with Gasteiger partial charge in [0.25, 0.3) is 5.91 Å². The van der Waals surface area contributed by atoms with Crippen LogP contribution >= 0.6 is 11.3 Å². The summed E-state index contributed by atoms with van der Waals surface area (Å²) in [6.07, 6.45) is 1.99. The fraction of sp³-hybridized carbons (Fsp3) is 0.312. The zero-order valence-electron chi connectivity index (χ0n) is 12.0. The molecule has 0 unspecified atom stereocenters. The van der Waals surface area contributed by atoms with Crippen LogP contribution in [0.3, 0.4) is 0 Å². The largest absolute Gasteiger partial charge is 0.341 e. The molecule has 2 aromatic rings. The quantitative estimate of drug-likeness (QED) is 0.792. The standard InChI is InChI=1S/C16H17F2NOS/c1-3-4-9-19(2)16(20)15-8-7-14(21-15)11-5-6-12(17)13(18)10-11/h5-8,10H,3-4,9H2,1-2H3. The summed E-state index contributed by atoms with van der Waals surface area (Å²) in [7, 11) is 1.77. The molecule has 5 heteroatoms. The predicted molar refractivity (Wildman–Crippen MR) is 81.5 cm³/mol. The highest BCUT2D eigenvalue weighted by Gasteiger charge is 2.15. The van der Waals surface area contributed by atoms with Gasteiger partial charge in [-0.3, -0.25) is 4.79 Å². The van der Waals surface area contributed by atoms with E-state index in [-0.39, 0.29) is 5.91 Å². The SMILES string of the molecule is CCCCN(C)C(=O)c1ccc(-c2ccc(F)c(F)c2)s1. The number of hydrogen-bond acceptors (Lipinski definition) is 2. The van der Waals surface area contributed by atoms with E-state index in [2.05, 4.69) is 6.92 Å². The fourth-order valence-electron chi connectivity index (χ4n) is 1.94. The smallest absolute Gasteiger partial charge is 0.263 e. The van der Waals surface area contributed by atoms with Crippen LogP contribution in [-0.2, 0) is 0 Å². The monoisotopic (exact) mass is 309 g/mol. The van der Waals surface area contributed by atoms with Crippen molar-refractivity contribution in [3.05, 3.63) is 46.8 Å². The Hall–Kier alpha value is -1.75. The average Bonchev–Trinajstić information content (AvgIpc) is 2.96. The van der Waals surface area contributed by atoms with E-state index in [1.807, 2.05) is 0 Å². The Balaban J connectivity index is 2.17. The first-order valence-electron chi connectivity index (χ1n) is 6.83. The van der Waals surface area contributed by atoms with Gasteiger partial charge in [0.15, 0.2) is 11.6 Å². The van der Waals surface area contributed by atoms with Crippen LogP contribution in [0.15, 0.2) is 30.3 Å². The van der Waals surface area contributed by atoms with Crippen LogP contribution in [-0.4, -0.2) is 24.4 Å². The van der Waals surface area contributed by atoms with Gasteiger partial charge in [-0.15, -0.1) is 11.3 Å². The zero-order chi connectivity index (χ0) is 15.4. The van der Waals surface area contributed by atoms with Crippen molar-refractivity contribution in [2.45, 2.75) is 19.8 Å². The van der Waals surface area contributed by atoms with Crippen LogP contribution in [0.2, 0.25) is 0 Å². The second kappa shape index (κ2) is 6.80. The van der Waals surface area contributed by atoms with Gasteiger partial charge in [-0.25, -0.2) is 8.78 Å². The molecule has 21 heavy (non-hydrogen) atoms. The van der Waals surface area contributed by atoms with Crippen molar-refractivity contribution >= 4 is 17.2 Å². The van der Waals surface area contributed by atoms with Crippen molar-refractivity contribution < 1.29 is 13.6 Å². The second-order valence-corrected chi connectivity index (χ2v) is 5.96. The summed E-state index contributed by atoms with van der Waals surface area (Å²) in [5.74, 6) is -1.79. The highest BCUT2D eigenvalue weighted by molar-refractivity contribution is 7.17. The Kier molecular flexibility index (Phi) is 5.07. The van der Waals surface area contributed by atoms with Crippen molar-refractivity contribution in [2.75, 3.05) is 13.6 Å². The van der Waals surface area contributed by atoms with Crippen LogP contribution in [0.1, 0.15) is 29.4 Å². The van der Waals surface area contributed by atoms with E-state index >= 15 is 0 Å². The molecule has 1 aromatic carbocycles.